The number of methoxy groups -OCH3 is 1. The molecule has 0 fully saturated rings. The van der Waals surface area contributed by atoms with Crippen LogP contribution in [0.2, 0.25) is 0 Å². The summed E-state index contributed by atoms with van der Waals surface area (Å²) >= 11 is 0. The van der Waals surface area contributed by atoms with Gasteiger partial charge in [0.2, 0.25) is 5.78 Å². The molecular formula is C31H21FO5. The van der Waals surface area contributed by atoms with Gasteiger partial charge in [-0.3, -0.25) is 4.79 Å². The summed E-state index contributed by atoms with van der Waals surface area (Å²) in [6, 6.07) is 26.3. The molecule has 1 aliphatic heterocycles. The maximum Gasteiger partial charge on any atom is 0.348 e. The fraction of sp³-hybridized carbons (Fsp3) is 0.0323. The summed E-state index contributed by atoms with van der Waals surface area (Å²) in [4.78, 5) is 26.6. The molecule has 5 nitrogen and oxygen atoms in total. The van der Waals surface area contributed by atoms with E-state index in [2.05, 4.69) is 0 Å². The SMILES string of the molecule is COc1ccc(/C=C2\OC(=O)C(C(=O)c3ccc(-c4ccccc4)c(F)c3)=C2c2ccc(O)cc2)cc1. The third-order valence-electron chi connectivity index (χ3n) is 6.02. The van der Waals surface area contributed by atoms with Gasteiger partial charge in [-0.05, 0) is 53.1 Å². The van der Waals surface area contributed by atoms with Crippen LogP contribution in [0.4, 0.5) is 4.39 Å². The molecule has 1 heterocycles. The molecule has 1 N–H and O–H groups in total. The molecule has 0 aliphatic carbocycles. The Morgan fingerprint density at radius 1 is 0.892 bits per heavy atom. The minimum Gasteiger partial charge on any atom is -0.508 e. The second-order valence-electron chi connectivity index (χ2n) is 8.36. The van der Waals surface area contributed by atoms with Gasteiger partial charge in [0.15, 0.2) is 0 Å². The second-order valence-corrected chi connectivity index (χ2v) is 8.36. The molecule has 0 saturated carbocycles. The van der Waals surface area contributed by atoms with Crippen molar-refractivity contribution in [2.24, 2.45) is 0 Å². The first-order valence-electron chi connectivity index (χ1n) is 11.5. The number of benzene rings is 4. The Morgan fingerprint density at radius 2 is 1.59 bits per heavy atom. The summed E-state index contributed by atoms with van der Waals surface area (Å²) in [6.45, 7) is 0. The summed E-state index contributed by atoms with van der Waals surface area (Å²) in [6.07, 6.45) is 1.64. The van der Waals surface area contributed by atoms with Crippen LogP contribution in [0.3, 0.4) is 0 Å². The van der Waals surface area contributed by atoms with Crippen LogP contribution in [0.25, 0.3) is 22.8 Å². The lowest BCUT2D eigenvalue weighted by molar-refractivity contribution is -0.132. The average Bonchev–Trinajstić information content (AvgIpc) is 3.24. The molecule has 0 spiro atoms. The highest BCUT2D eigenvalue weighted by Crippen LogP contribution is 2.38. The first kappa shape index (κ1) is 23.8. The maximum atomic E-state index is 15.0. The molecule has 0 atom stereocenters. The molecule has 182 valence electrons. The van der Waals surface area contributed by atoms with Gasteiger partial charge in [-0.25, -0.2) is 9.18 Å². The van der Waals surface area contributed by atoms with Crippen LogP contribution >= 0.6 is 0 Å². The number of aromatic hydroxyl groups is 1. The Balaban J connectivity index is 1.61. The van der Waals surface area contributed by atoms with Gasteiger partial charge in [0.05, 0.1) is 7.11 Å². The second kappa shape index (κ2) is 9.95. The molecule has 4 aromatic rings. The lowest BCUT2D eigenvalue weighted by atomic mass is 9.92. The molecule has 1 aliphatic rings. The zero-order chi connectivity index (χ0) is 25.9. The zero-order valence-electron chi connectivity index (χ0n) is 19.8. The summed E-state index contributed by atoms with van der Waals surface area (Å²) in [7, 11) is 1.56. The Labute approximate surface area is 212 Å². The van der Waals surface area contributed by atoms with Crippen molar-refractivity contribution < 1.29 is 28.6 Å². The molecule has 6 heteroatoms. The Kier molecular flexibility index (Phi) is 6.39. The smallest absolute Gasteiger partial charge is 0.348 e. The van der Waals surface area contributed by atoms with Crippen LogP contribution in [-0.4, -0.2) is 24.0 Å². The van der Waals surface area contributed by atoms with Crippen molar-refractivity contribution in [2.75, 3.05) is 7.11 Å². The van der Waals surface area contributed by atoms with E-state index in [0.29, 0.717) is 28.0 Å². The molecule has 0 radical (unpaired) electrons. The number of cyclic esters (lactones) is 1. The highest BCUT2D eigenvalue weighted by Gasteiger charge is 2.36. The number of ketones is 1. The number of phenols is 1. The number of rotatable bonds is 6. The minimum absolute atomic E-state index is 0.0195. The summed E-state index contributed by atoms with van der Waals surface area (Å²) in [5, 5.41) is 9.76. The van der Waals surface area contributed by atoms with Gasteiger partial charge in [0.25, 0.3) is 0 Å². The Bertz CT molecular complexity index is 1550. The van der Waals surface area contributed by atoms with E-state index in [0.717, 1.165) is 6.07 Å². The van der Waals surface area contributed by atoms with Gasteiger partial charge in [-0.15, -0.1) is 0 Å². The number of carbonyl (C=O) groups is 2. The molecular weight excluding hydrogens is 471 g/mol. The largest absolute Gasteiger partial charge is 0.508 e. The van der Waals surface area contributed by atoms with Gasteiger partial charge in [0, 0.05) is 16.7 Å². The molecule has 0 aromatic heterocycles. The summed E-state index contributed by atoms with van der Waals surface area (Å²) in [5.74, 6) is -1.21. The molecule has 4 aromatic carbocycles. The van der Waals surface area contributed by atoms with E-state index in [4.69, 9.17) is 9.47 Å². The first-order valence-corrected chi connectivity index (χ1v) is 11.5. The van der Waals surface area contributed by atoms with E-state index in [9.17, 15) is 14.7 Å². The standard InChI is InChI=1S/C31H21FO5/c1-36-24-14-7-19(8-15-24)17-27-28(21-9-12-23(33)13-10-21)29(31(35)37-27)30(34)22-11-16-25(26(32)18-22)20-5-3-2-4-6-20/h2-18,33H,1H3/b27-17-. The van der Waals surface area contributed by atoms with E-state index in [1.54, 1.807) is 73.8 Å². The van der Waals surface area contributed by atoms with Crippen molar-refractivity contribution >= 4 is 23.4 Å². The van der Waals surface area contributed by atoms with Crippen molar-refractivity contribution in [1.82, 2.24) is 0 Å². The van der Waals surface area contributed by atoms with E-state index in [1.165, 1.54) is 24.3 Å². The Morgan fingerprint density at radius 3 is 2.24 bits per heavy atom. The molecule has 0 saturated heterocycles. The van der Waals surface area contributed by atoms with E-state index < -0.39 is 17.6 Å². The van der Waals surface area contributed by atoms with Crippen LogP contribution in [0.1, 0.15) is 21.5 Å². The van der Waals surface area contributed by atoms with Gasteiger partial charge in [0.1, 0.15) is 28.6 Å². The average molecular weight is 493 g/mol. The van der Waals surface area contributed by atoms with E-state index in [1.807, 2.05) is 6.07 Å². The van der Waals surface area contributed by atoms with Gasteiger partial charge in [-0.1, -0.05) is 66.7 Å². The summed E-state index contributed by atoms with van der Waals surface area (Å²) < 4.78 is 25.8. The van der Waals surface area contributed by atoms with Crippen molar-refractivity contribution in [1.29, 1.82) is 0 Å². The predicted octanol–water partition coefficient (Wildman–Crippen LogP) is 6.44. The van der Waals surface area contributed by atoms with Crippen LogP contribution < -0.4 is 4.74 Å². The lowest BCUT2D eigenvalue weighted by Crippen LogP contribution is -2.11. The minimum atomic E-state index is -0.833. The zero-order valence-corrected chi connectivity index (χ0v) is 19.8. The van der Waals surface area contributed by atoms with Crippen molar-refractivity contribution in [3.05, 3.63) is 131 Å². The topological polar surface area (TPSA) is 72.8 Å². The van der Waals surface area contributed by atoms with Crippen molar-refractivity contribution in [2.45, 2.75) is 0 Å². The van der Waals surface area contributed by atoms with Crippen molar-refractivity contribution in [3.8, 4) is 22.6 Å². The number of esters is 1. The van der Waals surface area contributed by atoms with Crippen LogP contribution in [0.15, 0.2) is 108 Å². The van der Waals surface area contributed by atoms with Gasteiger partial charge >= 0.3 is 5.97 Å². The highest BCUT2D eigenvalue weighted by molar-refractivity contribution is 6.32. The number of hydrogen-bond donors (Lipinski definition) is 1. The maximum absolute atomic E-state index is 15.0. The number of allylic oxidation sites excluding steroid dienone is 1. The molecule has 0 unspecified atom stereocenters. The summed E-state index contributed by atoms with van der Waals surface area (Å²) in [5.41, 5.74) is 2.30. The quantitative estimate of drug-likeness (QED) is 0.190. The normalized spacial score (nSPS) is 14.1. The van der Waals surface area contributed by atoms with Crippen LogP contribution in [0, 0.1) is 5.82 Å². The van der Waals surface area contributed by atoms with Gasteiger partial charge < -0.3 is 14.6 Å². The molecule has 5 rings (SSSR count). The van der Waals surface area contributed by atoms with E-state index >= 15 is 4.39 Å². The predicted molar refractivity (Wildman–Crippen MR) is 138 cm³/mol. The van der Waals surface area contributed by atoms with Gasteiger partial charge in [-0.2, -0.15) is 0 Å². The number of Topliss-reactive ketones (excluding diaryl/α,β-unsaturated/α-hetero) is 1. The van der Waals surface area contributed by atoms with Crippen LogP contribution in [-0.2, 0) is 9.53 Å². The first-order chi connectivity index (χ1) is 17.9. The number of halogens is 1. The fourth-order valence-electron chi connectivity index (χ4n) is 4.15. The number of carbonyl (C=O) groups excluding carboxylic acids is 2. The molecule has 0 amide bonds. The van der Waals surface area contributed by atoms with E-state index in [-0.39, 0.29) is 28.2 Å². The third-order valence-corrected chi connectivity index (χ3v) is 6.02. The fourth-order valence-corrected chi connectivity index (χ4v) is 4.15. The molecule has 0 bridgehead atoms. The highest BCUT2D eigenvalue weighted by atomic mass is 19.1. The number of phenolic OH excluding ortho intramolecular Hbond substituents is 1. The lowest BCUT2D eigenvalue weighted by Gasteiger charge is -2.08. The number of hydrogen-bond acceptors (Lipinski definition) is 5. The third kappa shape index (κ3) is 4.77. The number of ether oxygens (including phenoxy) is 2. The van der Waals surface area contributed by atoms with Crippen LogP contribution in [0.5, 0.6) is 11.5 Å². The van der Waals surface area contributed by atoms with Crippen molar-refractivity contribution in [3.63, 3.8) is 0 Å². The molecule has 37 heavy (non-hydrogen) atoms. The monoisotopic (exact) mass is 492 g/mol. The Hall–Kier alpha value is -4.97.